The van der Waals surface area contributed by atoms with E-state index in [-0.39, 0.29) is 13.2 Å². The van der Waals surface area contributed by atoms with E-state index < -0.39 is 25.0 Å². The second-order valence-corrected chi connectivity index (χ2v) is 6.99. The molecule has 0 aromatic rings. The van der Waals surface area contributed by atoms with Gasteiger partial charge in [-0.1, -0.05) is 6.92 Å². The number of ether oxygens (including phenoxy) is 2. The molecule has 7 heteroatoms. The molecule has 6 nitrogen and oxygen atoms in total. The molecule has 20 heavy (non-hydrogen) atoms. The molecule has 1 rings (SSSR count). The van der Waals surface area contributed by atoms with Gasteiger partial charge in [-0.05, 0) is 20.3 Å². The Labute approximate surface area is 120 Å². The Morgan fingerprint density at radius 2 is 1.75 bits per heavy atom. The number of hydrogen-bond acceptors (Lipinski definition) is 6. The molecule has 0 spiro atoms. The average Bonchev–Trinajstić information content (AvgIpc) is 2.27. The minimum absolute atomic E-state index is 0.259. The molecule has 116 valence electrons. The standard InChI is InChI=1S/C13H23O6P/c1-6-11(20(15,16-7-2)17-8-3)10-9-12(14)19-13(4,5)18-10/h9,11H,6-8H2,1-5H3. The van der Waals surface area contributed by atoms with E-state index in [4.69, 9.17) is 18.5 Å². The van der Waals surface area contributed by atoms with Crippen molar-refractivity contribution in [2.75, 3.05) is 13.2 Å². The smallest absolute Gasteiger partial charge is 0.341 e. The molecule has 0 N–H and O–H groups in total. The van der Waals surface area contributed by atoms with Crippen LogP contribution in [0.25, 0.3) is 0 Å². The van der Waals surface area contributed by atoms with Crippen LogP contribution >= 0.6 is 7.60 Å². The second-order valence-electron chi connectivity index (χ2n) is 4.77. The van der Waals surface area contributed by atoms with Crippen LogP contribution in [0, 0.1) is 0 Å². The summed E-state index contributed by atoms with van der Waals surface area (Å²) in [7, 11) is -3.38. The van der Waals surface area contributed by atoms with E-state index in [1.54, 1.807) is 27.7 Å². The minimum Gasteiger partial charge on any atom is -0.456 e. The largest absolute Gasteiger partial charge is 0.456 e. The van der Waals surface area contributed by atoms with Gasteiger partial charge in [0.05, 0.1) is 19.3 Å². The van der Waals surface area contributed by atoms with Crippen LogP contribution in [0.5, 0.6) is 0 Å². The molecule has 0 fully saturated rings. The lowest BCUT2D eigenvalue weighted by atomic mass is 10.2. The molecule has 0 aromatic heterocycles. The predicted molar refractivity (Wildman–Crippen MR) is 74.3 cm³/mol. The first-order chi connectivity index (χ1) is 9.28. The summed E-state index contributed by atoms with van der Waals surface area (Å²) in [4.78, 5) is 11.6. The summed E-state index contributed by atoms with van der Waals surface area (Å²) < 4.78 is 34.2. The summed E-state index contributed by atoms with van der Waals surface area (Å²) in [5.74, 6) is -1.31. The van der Waals surface area contributed by atoms with Gasteiger partial charge in [-0.15, -0.1) is 0 Å². The Kier molecular flexibility index (Phi) is 5.80. The summed E-state index contributed by atoms with van der Waals surface area (Å²) in [6.45, 7) is 9.09. The van der Waals surface area contributed by atoms with Crippen LogP contribution < -0.4 is 0 Å². The van der Waals surface area contributed by atoms with Crippen LogP contribution in [-0.2, 0) is 27.9 Å². The Bertz CT molecular complexity index is 419. The lowest BCUT2D eigenvalue weighted by Gasteiger charge is -2.35. The normalized spacial score (nSPS) is 19.9. The van der Waals surface area contributed by atoms with Crippen LogP contribution in [0.3, 0.4) is 0 Å². The molecular formula is C13H23O6P. The maximum Gasteiger partial charge on any atom is 0.341 e. The minimum atomic E-state index is -3.38. The van der Waals surface area contributed by atoms with Crippen molar-refractivity contribution < 1.29 is 27.9 Å². The summed E-state index contributed by atoms with van der Waals surface area (Å²) in [6.07, 6.45) is 1.68. The Balaban J connectivity index is 3.10. The molecule has 0 saturated heterocycles. The molecule has 1 atom stereocenters. The SMILES string of the molecule is CCOP(=O)(OCC)C(CC)C1=CC(=O)OC(C)(C)O1. The maximum absolute atomic E-state index is 12.8. The molecule has 1 aliphatic heterocycles. The van der Waals surface area contributed by atoms with Crippen molar-refractivity contribution >= 4 is 13.6 Å². The van der Waals surface area contributed by atoms with Crippen molar-refractivity contribution in [2.45, 2.75) is 52.5 Å². The second kappa shape index (κ2) is 6.74. The number of rotatable bonds is 7. The number of carbonyl (C=O) groups is 1. The van der Waals surface area contributed by atoms with Gasteiger partial charge in [0.25, 0.3) is 0 Å². The fraction of sp³-hybridized carbons (Fsp3) is 0.769. The van der Waals surface area contributed by atoms with Gasteiger partial charge in [0.2, 0.25) is 5.79 Å². The van der Waals surface area contributed by atoms with Crippen molar-refractivity contribution in [1.29, 1.82) is 0 Å². The molecule has 1 heterocycles. The lowest BCUT2D eigenvalue weighted by Crippen LogP contribution is -2.37. The average molecular weight is 306 g/mol. The first-order valence-corrected chi connectivity index (χ1v) is 8.41. The molecule has 1 unspecified atom stereocenters. The highest BCUT2D eigenvalue weighted by atomic mass is 31.2. The third-order valence-corrected chi connectivity index (χ3v) is 5.30. The highest BCUT2D eigenvalue weighted by Gasteiger charge is 2.43. The number of allylic oxidation sites excluding steroid dienone is 1. The molecule has 0 aromatic carbocycles. The first kappa shape index (κ1) is 17.2. The highest BCUT2D eigenvalue weighted by Crippen LogP contribution is 2.57. The molecule has 1 aliphatic rings. The summed E-state index contributed by atoms with van der Waals surface area (Å²) in [5.41, 5.74) is -0.616. The molecule has 0 radical (unpaired) electrons. The van der Waals surface area contributed by atoms with Crippen molar-refractivity contribution in [3.05, 3.63) is 11.8 Å². The van der Waals surface area contributed by atoms with Gasteiger partial charge in [0.1, 0.15) is 11.4 Å². The fourth-order valence-corrected chi connectivity index (χ4v) is 4.08. The predicted octanol–water partition coefficient (Wildman–Crippen LogP) is 3.22. The zero-order valence-corrected chi connectivity index (χ0v) is 13.6. The van der Waals surface area contributed by atoms with Crippen molar-refractivity contribution in [3.8, 4) is 0 Å². The van der Waals surface area contributed by atoms with E-state index in [9.17, 15) is 9.36 Å². The van der Waals surface area contributed by atoms with E-state index in [2.05, 4.69) is 0 Å². The van der Waals surface area contributed by atoms with E-state index in [0.717, 1.165) is 0 Å². The summed E-state index contributed by atoms with van der Waals surface area (Å²) in [5, 5.41) is 0. The van der Waals surface area contributed by atoms with E-state index >= 15 is 0 Å². The molecule has 0 amide bonds. The van der Waals surface area contributed by atoms with Crippen LogP contribution in [0.2, 0.25) is 0 Å². The number of hydrogen-bond donors (Lipinski definition) is 0. The van der Waals surface area contributed by atoms with Crippen LogP contribution in [0.15, 0.2) is 11.8 Å². The summed E-state index contributed by atoms with van der Waals surface area (Å²) >= 11 is 0. The third kappa shape index (κ3) is 4.08. The van der Waals surface area contributed by atoms with Gasteiger partial charge in [-0.3, -0.25) is 4.57 Å². The Morgan fingerprint density at radius 1 is 1.20 bits per heavy atom. The van der Waals surface area contributed by atoms with E-state index in [1.165, 1.54) is 6.08 Å². The number of esters is 1. The van der Waals surface area contributed by atoms with Crippen LogP contribution in [-0.4, -0.2) is 30.6 Å². The van der Waals surface area contributed by atoms with Gasteiger partial charge in [-0.25, -0.2) is 4.79 Å². The number of carbonyl (C=O) groups excluding carboxylic acids is 1. The first-order valence-electron chi connectivity index (χ1n) is 6.80. The molecule has 0 bridgehead atoms. The van der Waals surface area contributed by atoms with Crippen molar-refractivity contribution in [2.24, 2.45) is 0 Å². The van der Waals surface area contributed by atoms with Crippen LogP contribution in [0.1, 0.15) is 41.0 Å². The highest BCUT2D eigenvalue weighted by molar-refractivity contribution is 7.54. The number of cyclic esters (lactones) is 1. The quantitative estimate of drug-likeness (QED) is 0.531. The molecular weight excluding hydrogens is 283 g/mol. The van der Waals surface area contributed by atoms with Gasteiger partial charge in [-0.2, -0.15) is 0 Å². The Morgan fingerprint density at radius 3 is 2.15 bits per heavy atom. The lowest BCUT2D eigenvalue weighted by molar-refractivity contribution is -0.205. The van der Waals surface area contributed by atoms with Gasteiger partial charge < -0.3 is 18.5 Å². The van der Waals surface area contributed by atoms with Crippen molar-refractivity contribution in [3.63, 3.8) is 0 Å². The third-order valence-electron chi connectivity index (χ3n) is 2.69. The van der Waals surface area contributed by atoms with E-state index in [0.29, 0.717) is 12.2 Å². The van der Waals surface area contributed by atoms with Gasteiger partial charge >= 0.3 is 13.6 Å². The zero-order chi connectivity index (χ0) is 15.4. The van der Waals surface area contributed by atoms with Crippen molar-refractivity contribution in [1.82, 2.24) is 0 Å². The maximum atomic E-state index is 12.8. The summed E-state index contributed by atoms with van der Waals surface area (Å²) in [6, 6.07) is 0. The van der Waals surface area contributed by atoms with Crippen LogP contribution in [0.4, 0.5) is 0 Å². The monoisotopic (exact) mass is 306 g/mol. The van der Waals surface area contributed by atoms with E-state index in [1.807, 2.05) is 6.92 Å². The zero-order valence-electron chi connectivity index (χ0n) is 12.7. The van der Waals surface area contributed by atoms with Gasteiger partial charge in [0, 0.05) is 13.8 Å². The molecule has 0 saturated carbocycles. The Hall–Kier alpha value is -0.840. The molecule has 0 aliphatic carbocycles. The fourth-order valence-electron chi connectivity index (χ4n) is 2.04. The topological polar surface area (TPSA) is 71.1 Å². The van der Waals surface area contributed by atoms with Gasteiger partial charge in [0.15, 0.2) is 0 Å².